The van der Waals surface area contributed by atoms with Crippen LogP contribution in [-0.2, 0) is 9.84 Å². The Labute approximate surface area is 89.9 Å². The molecule has 3 nitrogen and oxygen atoms in total. The molecule has 82 valence electrons. The Kier molecular flexibility index (Phi) is 2.60. The average molecular weight is 235 g/mol. The van der Waals surface area contributed by atoms with Crippen LogP contribution >= 0.6 is 11.8 Å². The van der Waals surface area contributed by atoms with Crippen molar-refractivity contribution < 1.29 is 8.42 Å². The molecule has 1 spiro atoms. The highest BCUT2D eigenvalue weighted by Crippen LogP contribution is 2.46. The molecule has 0 radical (unpaired) electrons. The summed E-state index contributed by atoms with van der Waals surface area (Å²) in [6.45, 7) is 2.12. The van der Waals surface area contributed by atoms with Crippen molar-refractivity contribution in [1.29, 1.82) is 0 Å². The van der Waals surface area contributed by atoms with Gasteiger partial charge in [-0.1, -0.05) is 0 Å². The van der Waals surface area contributed by atoms with Crippen LogP contribution in [0, 0.1) is 0 Å². The van der Waals surface area contributed by atoms with E-state index in [4.69, 9.17) is 0 Å². The van der Waals surface area contributed by atoms with Crippen LogP contribution in [0.15, 0.2) is 0 Å². The molecule has 1 N–H and O–H groups in total. The Morgan fingerprint density at radius 3 is 2.71 bits per heavy atom. The van der Waals surface area contributed by atoms with Gasteiger partial charge in [0.25, 0.3) is 0 Å². The van der Waals surface area contributed by atoms with Crippen LogP contribution in [0.3, 0.4) is 0 Å². The van der Waals surface area contributed by atoms with Crippen molar-refractivity contribution in [2.45, 2.75) is 42.3 Å². The molecule has 0 aromatic rings. The largest absolute Gasteiger partial charge is 0.298 e. The second-order valence-corrected chi connectivity index (χ2v) is 8.03. The molecule has 2 rings (SSSR count). The lowest BCUT2D eigenvalue weighted by atomic mass is 10.2. The lowest BCUT2D eigenvalue weighted by molar-refractivity contribution is 0.456. The third kappa shape index (κ3) is 1.70. The van der Waals surface area contributed by atoms with E-state index < -0.39 is 9.84 Å². The predicted octanol–water partition coefficient (Wildman–Crippen LogP) is 1.00. The summed E-state index contributed by atoms with van der Waals surface area (Å²) < 4.78 is 23.3. The molecule has 1 aliphatic carbocycles. The topological polar surface area (TPSA) is 46.2 Å². The second-order valence-electron chi connectivity index (χ2n) is 4.46. The Bertz CT molecular complexity index is 328. The van der Waals surface area contributed by atoms with Crippen molar-refractivity contribution in [3.05, 3.63) is 0 Å². The summed E-state index contributed by atoms with van der Waals surface area (Å²) in [5.74, 6) is 1.03. The Morgan fingerprint density at radius 2 is 2.21 bits per heavy atom. The molecule has 1 heterocycles. The lowest BCUT2D eigenvalue weighted by Gasteiger charge is -2.29. The van der Waals surface area contributed by atoms with Gasteiger partial charge in [0.15, 0.2) is 9.84 Å². The summed E-state index contributed by atoms with van der Waals surface area (Å²) in [6, 6.07) is 0.447. The molecular formula is C9H17NO2S2. The number of rotatable bonds is 1. The van der Waals surface area contributed by atoms with Crippen molar-refractivity contribution in [3.63, 3.8) is 0 Å². The summed E-state index contributed by atoms with van der Waals surface area (Å²) in [5.41, 5.74) is 0. The third-order valence-corrected chi connectivity index (χ3v) is 6.74. The van der Waals surface area contributed by atoms with Crippen LogP contribution < -0.4 is 5.32 Å². The molecule has 1 saturated heterocycles. The predicted molar refractivity (Wildman–Crippen MR) is 60.3 cm³/mol. The number of thioether (sulfide) groups is 1. The molecule has 2 fully saturated rings. The Hall–Kier alpha value is 0.260. The molecule has 0 amide bonds. The number of hydrogen-bond acceptors (Lipinski definition) is 4. The van der Waals surface area contributed by atoms with Crippen LogP contribution in [0.2, 0.25) is 0 Å². The highest BCUT2D eigenvalue weighted by atomic mass is 32.2. The fraction of sp³-hybridized carbons (Fsp3) is 1.00. The summed E-state index contributed by atoms with van der Waals surface area (Å²) in [5, 5.41) is 3.29. The molecule has 0 bridgehead atoms. The van der Waals surface area contributed by atoms with Crippen molar-refractivity contribution in [1.82, 2.24) is 5.32 Å². The minimum atomic E-state index is -2.90. The van der Waals surface area contributed by atoms with Crippen molar-refractivity contribution in [2.75, 3.05) is 12.0 Å². The zero-order valence-electron chi connectivity index (χ0n) is 8.62. The summed E-state index contributed by atoms with van der Waals surface area (Å²) in [6.07, 6.45) is 4.23. The van der Waals surface area contributed by atoms with E-state index in [-0.39, 0.29) is 10.1 Å². The molecule has 1 aliphatic heterocycles. The maximum atomic E-state index is 11.6. The first-order chi connectivity index (χ1) is 6.44. The molecule has 3 atom stereocenters. The zero-order chi connectivity index (χ0) is 10.4. The summed E-state index contributed by atoms with van der Waals surface area (Å²) >= 11 is 1.81. The Morgan fingerprint density at radius 1 is 1.50 bits per heavy atom. The minimum absolute atomic E-state index is 0.160. The highest BCUT2D eigenvalue weighted by Gasteiger charge is 2.51. The fourth-order valence-corrected chi connectivity index (χ4v) is 6.32. The van der Waals surface area contributed by atoms with Crippen LogP contribution in [0.1, 0.15) is 26.2 Å². The van der Waals surface area contributed by atoms with E-state index in [0.29, 0.717) is 6.04 Å². The number of nitrogens with one attached hydrogen (secondary N) is 1. The van der Waals surface area contributed by atoms with Gasteiger partial charge in [0.05, 0.1) is 10.1 Å². The fourth-order valence-electron chi connectivity index (χ4n) is 2.61. The number of hydrogen-bond donors (Lipinski definition) is 1. The van der Waals surface area contributed by atoms with Crippen LogP contribution in [0.4, 0.5) is 0 Å². The minimum Gasteiger partial charge on any atom is -0.298 e. The van der Waals surface area contributed by atoms with Gasteiger partial charge >= 0.3 is 0 Å². The standard InChI is InChI=1S/C9H17NO2S2/c1-7-6-13-9(10-7)5-3-4-8(9)14(2,11)12/h7-8,10H,3-6H2,1-2H3. The van der Waals surface area contributed by atoms with E-state index in [1.165, 1.54) is 6.26 Å². The quantitative estimate of drug-likeness (QED) is 0.736. The van der Waals surface area contributed by atoms with E-state index in [1.807, 2.05) is 0 Å². The first kappa shape index (κ1) is 10.8. The monoisotopic (exact) mass is 235 g/mol. The van der Waals surface area contributed by atoms with Gasteiger partial charge in [0.1, 0.15) is 0 Å². The highest BCUT2D eigenvalue weighted by molar-refractivity contribution is 8.02. The van der Waals surface area contributed by atoms with Crippen molar-refractivity contribution in [3.8, 4) is 0 Å². The van der Waals surface area contributed by atoms with E-state index in [9.17, 15) is 8.42 Å². The smallest absolute Gasteiger partial charge is 0.152 e. The normalized spacial score (nSPS) is 43.6. The first-order valence-corrected chi connectivity index (χ1v) is 7.99. The Balaban J connectivity index is 2.27. The van der Waals surface area contributed by atoms with Crippen LogP contribution in [-0.4, -0.2) is 36.6 Å². The molecule has 3 unspecified atom stereocenters. The van der Waals surface area contributed by atoms with Gasteiger partial charge in [-0.05, 0) is 26.2 Å². The molecule has 14 heavy (non-hydrogen) atoms. The number of sulfone groups is 1. The van der Waals surface area contributed by atoms with E-state index >= 15 is 0 Å². The summed E-state index contributed by atoms with van der Waals surface area (Å²) in [4.78, 5) is -0.160. The van der Waals surface area contributed by atoms with Crippen molar-refractivity contribution in [2.24, 2.45) is 0 Å². The van der Waals surface area contributed by atoms with Gasteiger partial charge in [0.2, 0.25) is 0 Å². The van der Waals surface area contributed by atoms with Gasteiger partial charge in [0, 0.05) is 18.1 Å². The van der Waals surface area contributed by atoms with Crippen molar-refractivity contribution >= 4 is 21.6 Å². The van der Waals surface area contributed by atoms with E-state index in [1.54, 1.807) is 11.8 Å². The van der Waals surface area contributed by atoms with Gasteiger partial charge < -0.3 is 0 Å². The molecule has 5 heteroatoms. The van der Waals surface area contributed by atoms with Crippen LogP contribution in [0.5, 0.6) is 0 Å². The summed E-state index contributed by atoms with van der Waals surface area (Å²) in [7, 11) is -2.90. The lowest BCUT2D eigenvalue weighted by Crippen LogP contribution is -2.49. The second kappa shape index (κ2) is 3.39. The first-order valence-electron chi connectivity index (χ1n) is 5.04. The maximum absolute atomic E-state index is 11.6. The molecule has 2 aliphatic rings. The third-order valence-electron chi connectivity index (χ3n) is 3.13. The van der Waals surface area contributed by atoms with Gasteiger partial charge in [-0.2, -0.15) is 0 Å². The van der Waals surface area contributed by atoms with Gasteiger partial charge in [-0.25, -0.2) is 8.42 Å². The molecule has 0 aromatic carbocycles. The van der Waals surface area contributed by atoms with Crippen LogP contribution in [0.25, 0.3) is 0 Å². The zero-order valence-corrected chi connectivity index (χ0v) is 10.2. The van der Waals surface area contributed by atoms with Gasteiger partial charge in [-0.15, -0.1) is 11.8 Å². The molecular weight excluding hydrogens is 218 g/mol. The van der Waals surface area contributed by atoms with Gasteiger partial charge in [-0.3, -0.25) is 5.32 Å². The van der Waals surface area contributed by atoms with E-state index in [0.717, 1.165) is 25.0 Å². The SMILES string of the molecule is CC1CSC2(CCCC2S(C)(=O)=O)N1. The maximum Gasteiger partial charge on any atom is 0.152 e. The molecule has 0 aromatic heterocycles. The van der Waals surface area contributed by atoms with E-state index in [2.05, 4.69) is 12.2 Å². The molecule has 1 saturated carbocycles. The average Bonchev–Trinajstić information content (AvgIpc) is 2.59.